The molecule has 82 valence electrons. The molecule has 1 saturated carbocycles. The zero-order chi connectivity index (χ0) is 10.6. The quantitative estimate of drug-likeness (QED) is 0.726. The number of carboxylic acid groups (broad SMARTS) is 1. The molecule has 0 radical (unpaired) electrons. The van der Waals surface area contributed by atoms with Gasteiger partial charge < -0.3 is 10.4 Å². The number of hydrogen-bond acceptors (Lipinski definition) is 2. The Labute approximate surface area is 85.9 Å². The van der Waals surface area contributed by atoms with Crippen molar-refractivity contribution in [1.82, 2.24) is 5.32 Å². The molecule has 0 aromatic rings. The van der Waals surface area contributed by atoms with Crippen LogP contribution in [0.3, 0.4) is 0 Å². The highest BCUT2D eigenvalue weighted by atomic mass is 16.4. The molecular formula is C11H21NO2. The Morgan fingerprint density at radius 1 is 1.36 bits per heavy atom. The van der Waals surface area contributed by atoms with E-state index in [9.17, 15) is 4.79 Å². The van der Waals surface area contributed by atoms with Crippen LogP contribution in [0.5, 0.6) is 0 Å². The lowest BCUT2D eigenvalue weighted by atomic mass is 9.82. The molecule has 1 aliphatic carbocycles. The van der Waals surface area contributed by atoms with E-state index >= 15 is 0 Å². The number of nitrogens with one attached hydrogen (secondary N) is 1. The first-order valence-electron chi connectivity index (χ1n) is 5.55. The minimum Gasteiger partial charge on any atom is -0.481 e. The van der Waals surface area contributed by atoms with Crippen molar-refractivity contribution in [3.8, 4) is 0 Å². The molecule has 0 saturated heterocycles. The van der Waals surface area contributed by atoms with E-state index in [1.165, 1.54) is 0 Å². The molecule has 0 atom stereocenters. The summed E-state index contributed by atoms with van der Waals surface area (Å²) in [5.74, 6) is -0.00133. The van der Waals surface area contributed by atoms with Crippen LogP contribution in [0.2, 0.25) is 0 Å². The Kier molecular flexibility index (Phi) is 4.39. The van der Waals surface area contributed by atoms with E-state index in [0.717, 1.165) is 32.2 Å². The van der Waals surface area contributed by atoms with Crippen LogP contribution >= 0.6 is 0 Å². The second-order valence-electron chi connectivity index (χ2n) is 4.62. The van der Waals surface area contributed by atoms with Gasteiger partial charge in [0.15, 0.2) is 0 Å². The molecule has 0 aliphatic heterocycles. The van der Waals surface area contributed by atoms with Gasteiger partial charge in [-0.2, -0.15) is 0 Å². The molecule has 0 aromatic heterocycles. The predicted molar refractivity (Wildman–Crippen MR) is 56.2 cm³/mol. The summed E-state index contributed by atoms with van der Waals surface area (Å²) in [5.41, 5.74) is 0. The summed E-state index contributed by atoms with van der Waals surface area (Å²) in [6, 6.07) is 0.534. The molecule has 0 unspecified atom stereocenters. The van der Waals surface area contributed by atoms with Crippen molar-refractivity contribution in [3.05, 3.63) is 0 Å². The summed E-state index contributed by atoms with van der Waals surface area (Å²) in [7, 11) is 0. The molecule has 14 heavy (non-hydrogen) atoms. The zero-order valence-corrected chi connectivity index (χ0v) is 9.12. The lowest BCUT2D eigenvalue weighted by Crippen LogP contribution is -2.32. The number of carboxylic acids is 1. The van der Waals surface area contributed by atoms with Gasteiger partial charge in [-0.05, 0) is 38.1 Å². The van der Waals surface area contributed by atoms with Crippen molar-refractivity contribution < 1.29 is 9.90 Å². The Balaban J connectivity index is 2.19. The van der Waals surface area contributed by atoms with Gasteiger partial charge in [-0.25, -0.2) is 0 Å². The Morgan fingerprint density at radius 2 is 1.93 bits per heavy atom. The highest BCUT2D eigenvalue weighted by Gasteiger charge is 2.25. The van der Waals surface area contributed by atoms with E-state index in [1.807, 2.05) is 0 Å². The molecule has 1 fully saturated rings. The molecule has 3 nitrogen and oxygen atoms in total. The molecule has 0 heterocycles. The summed E-state index contributed by atoms with van der Waals surface area (Å²) in [6.45, 7) is 5.33. The van der Waals surface area contributed by atoms with Crippen LogP contribution in [0.4, 0.5) is 0 Å². The summed E-state index contributed by atoms with van der Waals surface area (Å²) >= 11 is 0. The Hall–Kier alpha value is -0.570. The van der Waals surface area contributed by atoms with Crippen LogP contribution < -0.4 is 5.32 Å². The van der Waals surface area contributed by atoms with Gasteiger partial charge in [0, 0.05) is 6.04 Å². The fraction of sp³-hybridized carbons (Fsp3) is 0.909. The van der Waals surface area contributed by atoms with Crippen molar-refractivity contribution in [3.63, 3.8) is 0 Å². The summed E-state index contributed by atoms with van der Waals surface area (Å²) < 4.78 is 0. The second kappa shape index (κ2) is 5.35. The Bertz CT molecular complexity index is 184. The van der Waals surface area contributed by atoms with Gasteiger partial charge in [0.05, 0.1) is 5.92 Å². The van der Waals surface area contributed by atoms with E-state index in [2.05, 4.69) is 19.2 Å². The van der Waals surface area contributed by atoms with Crippen LogP contribution in [0.15, 0.2) is 0 Å². The van der Waals surface area contributed by atoms with Crippen molar-refractivity contribution in [1.29, 1.82) is 0 Å². The first-order chi connectivity index (χ1) is 6.59. The molecule has 1 aliphatic rings. The van der Waals surface area contributed by atoms with E-state index < -0.39 is 5.97 Å². The predicted octanol–water partition coefficient (Wildman–Crippen LogP) is 1.88. The Morgan fingerprint density at radius 3 is 2.36 bits per heavy atom. The van der Waals surface area contributed by atoms with Gasteiger partial charge in [0.2, 0.25) is 0 Å². The molecule has 3 heteroatoms. The van der Waals surface area contributed by atoms with Gasteiger partial charge in [0.25, 0.3) is 0 Å². The third kappa shape index (κ3) is 3.66. The van der Waals surface area contributed by atoms with Crippen LogP contribution in [0.25, 0.3) is 0 Å². The second-order valence-corrected chi connectivity index (χ2v) is 4.62. The summed E-state index contributed by atoms with van der Waals surface area (Å²) in [4.78, 5) is 10.7. The number of carbonyl (C=O) groups is 1. The van der Waals surface area contributed by atoms with Crippen LogP contribution in [-0.2, 0) is 4.79 Å². The van der Waals surface area contributed by atoms with E-state index in [1.54, 1.807) is 0 Å². The van der Waals surface area contributed by atoms with Gasteiger partial charge in [-0.15, -0.1) is 0 Å². The van der Waals surface area contributed by atoms with Crippen molar-refractivity contribution >= 4 is 5.97 Å². The topological polar surface area (TPSA) is 49.3 Å². The highest BCUT2D eigenvalue weighted by Crippen LogP contribution is 2.28. The maximum absolute atomic E-state index is 10.7. The fourth-order valence-corrected chi connectivity index (χ4v) is 2.02. The van der Waals surface area contributed by atoms with Crippen molar-refractivity contribution in [2.45, 2.75) is 45.6 Å². The smallest absolute Gasteiger partial charge is 0.306 e. The highest BCUT2D eigenvalue weighted by molar-refractivity contribution is 5.69. The lowest BCUT2D eigenvalue weighted by Gasteiger charge is -2.26. The maximum atomic E-state index is 10.7. The van der Waals surface area contributed by atoms with Gasteiger partial charge >= 0.3 is 5.97 Å². The van der Waals surface area contributed by atoms with E-state index in [4.69, 9.17) is 5.11 Å². The fourth-order valence-electron chi connectivity index (χ4n) is 2.02. The SMILES string of the molecule is CC(C)NCC1CCC(C(=O)O)CC1. The average molecular weight is 199 g/mol. The number of hydrogen-bond donors (Lipinski definition) is 2. The molecule has 0 aromatic carbocycles. The first-order valence-corrected chi connectivity index (χ1v) is 5.55. The van der Waals surface area contributed by atoms with Crippen LogP contribution in [0, 0.1) is 11.8 Å². The van der Waals surface area contributed by atoms with Gasteiger partial charge in [-0.3, -0.25) is 4.79 Å². The largest absolute Gasteiger partial charge is 0.481 e. The van der Waals surface area contributed by atoms with Gasteiger partial charge in [-0.1, -0.05) is 13.8 Å². The third-order valence-electron chi connectivity index (χ3n) is 3.01. The normalized spacial score (nSPS) is 27.9. The monoisotopic (exact) mass is 199 g/mol. The third-order valence-corrected chi connectivity index (χ3v) is 3.01. The van der Waals surface area contributed by atoms with Crippen molar-refractivity contribution in [2.75, 3.05) is 6.54 Å². The molecule has 0 bridgehead atoms. The first kappa shape index (κ1) is 11.5. The molecule has 1 rings (SSSR count). The molecular weight excluding hydrogens is 178 g/mol. The van der Waals surface area contributed by atoms with Gasteiger partial charge in [0.1, 0.15) is 0 Å². The maximum Gasteiger partial charge on any atom is 0.306 e. The summed E-state index contributed by atoms with van der Waals surface area (Å²) in [5, 5.41) is 12.2. The van der Waals surface area contributed by atoms with E-state index in [-0.39, 0.29) is 5.92 Å². The van der Waals surface area contributed by atoms with Crippen molar-refractivity contribution in [2.24, 2.45) is 11.8 Å². The lowest BCUT2D eigenvalue weighted by molar-refractivity contribution is -0.143. The average Bonchev–Trinajstić information content (AvgIpc) is 2.15. The summed E-state index contributed by atoms with van der Waals surface area (Å²) in [6.07, 6.45) is 3.85. The minimum absolute atomic E-state index is 0.0784. The number of rotatable bonds is 4. The zero-order valence-electron chi connectivity index (χ0n) is 9.12. The van der Waals surface area contributed by atoms with Crippen LogP contribution in [0.1, 0.15) is 39.5 Å². The van der Waals surface area contributed by atoms with E-state index in [0.29, 0.717) is 12.0 Å². The molecule has 0 spiro atoms. The number of aliphatic carboxylic acids is 1. The standard InChI is InChI=1S/C11H21NO2/c1-8(2)12-7-9-3-5-10(6-4-9)11(13)14/h8-10,12H,3-7H2,1-2H3,(H,13,14). The molecule has 2 N–H and O–H groups in total. The minimum atomic E-state index is -0.611. The van der Waals surface area contributed by atoms with Crippen LogP contribution in [-0.4, -0.2) is 23.7 Å². The molecule has 0 amide bonds.